The number of anilines is 1. The summed E-state index contributed by atoms with van der Waals surface area (Å²) in [4.78, 5) is 13.7. The summed E-state index contributed by atoms with van der Waals surface area (Å²) < 4.78 is 29.2. The molecular weight excluding hydrogens is 282 g/mol. The summed E-state index contributed by atoms with van der Waals surface area (Å²) in [5.41, 5.74) is 0.854. The third-order valence-corrected chi connectivity index (χ3v) is 3.53. The van der Waals surface area contributed by atoms with Crippen LogP contribution in [0.1, 0.15) is 18.4 Å². The van der Waals surface area contributed by atoms with Crippen LogP contribution >= 0.6 is 0 Å². The molecule has 1 saturated heterocycles. The molecule has 0 aromatic heterocycles. The number of urea groups is 1. The van der Waals surface area contributed by atoms with Crippen molar-refractivity contribution in [1.29, 1.82) is 0 Å². The second-order valence-corrected chi connectivity index (χ2v) is 4.93. The Kier molecular flexibility index (Phi) is 4.95. The number of aliphatic hydroxyl groups is 1. The molecule has 1 atom stereocenters. The molecule has 0 saturated carbocycles. The number of likely N-dealkylation sites (tertiary alicyclic amines) is 1. The van der Waals surface area contributed by atoms with Crippen LogP contribution in [-0.4, -0.2) is 41.8 Å². The predicted molar refractivity (Wildman–Crippen MR) is 73.6 cm³/mol. The van der Waals surface area contributed by atoms with Gasteiger partial charge in [0.25, 0.3) is 0 Å². The lowest BCUT2D eigenvalue weighted by atomic mass is 10.2. The van der Waals surface area contributed by atoms with Crippen molar-refractivity contribution in [3.63, 3.8) is 0 Å². The summed E-state index contributed by atoms with van der Waals surface area (Å²) >= 11 is 0. The molecule has 1 aromatic carbocycles. The van der Waals surface area contributed by atoms with Crippen LogP contribution in [0.25, 0.3) is 0 Å². The first-order chi connectivity index (χ1) is 10.0. The fourth-order valence-corrected chi connectivity index (χ4v) is 2.47. The van der Waals surface area contributed by atoms with Gasteiger partial charge in [-0.25, -0.2) is 4.79 Å². The van der Waals surface area contributed by atoms with Gasteiger partial charge in [-0.05, 0) is 31.4 Å². The molecule has 0 aliphatic carbocycles. The number of hydrogen-bond acceptors (Lipinski definition) is 3. The van der Waals surface area contributed by atoms with E-state index in [1.807, 2.05) is 0 Å². The van der Waals surface area contributed by atoms with Gasteiger partial charge in [0.15, 0.2) is 0 Å². The van der Waals surface area contributed by atoms with Gasteiger partial charge >= 0.3 is 12.6 Å². The zero-order valence-corrected chi connectivity index (χ0v) is 11.7. The first-order valence-corrected chi connectivity index (χ1v) is 6.76. The summed E-state index contributed by atoms with van der Waals surface area (Å²) in [5, 5.41) is 11.8. The van der Waals surface area contributed by atoms with E-state index in [9.17, 15) is 18.7 Å². The van der Waals surface area contributed by atoms with Crippen LogP contribution in [-0.2, 0) is 0 Å². The number of aryl methyl sites for hydroxylation is 1. The molecule has 1 heterocycles. The fraction of sp³-hybridized carbons (Fsp3) is 0.500. The van der Waals surface area contributed by atoms with E-state index in [2.05, 4.69) is 10.1 Å². The molecule has 1 aromatic rings. The number of carbonyl (C=O) groups is 1. The van der Waals surface area contributed by atoms with Crippen LogP contribution < -0.4 is 10.1 Å². The van der Waals surface area contributed by atoms with Crippen LogP contribution in [0.3, 0.4) is 0 Å². The normalized spacial score (nSPS) is 18.1. The lowest BCUT2D eigenvalue weighted by Gasteiger charge is -2.24. The number of rotatable bonds is 4. The van der Waals surface area contributed by atoms with E-state index >= 15 is 0 Å². The van der Waals surface area contributed by atoms with Crippen molar-refractivity contribution in [3.05, 3.63) is 23.8 Å². The van der Waals surface area contributed by atoms with Crippen molar-refractivity contribution in [2.45, 2.75) is 32.4 Å². The quantitative estimate of drug-likeness (QED) is 0.898. The van der Waals surface area contributed by atoms with Crippen LogP contribution in [0.4, 0.5) is 19.3 Å². The van der Waals surface area contributed by atoms with Crippen molar-refractivity contribution in [2.24, 2.45) is 0 Å². The maximum absolute atomic E-state index is 12.4. The lowest BCUT2D eigenvalue weighted by molar-refractivity contribution is -0.0493. The second kappa shape index (κ2) is 6.71. The number of hydrogen-bond donors (Lipinski definition) is 2. The number of carbonyl (C=O) groups excluding carboxylic acids is 1. The third-order valence-electron chi connectivity index (χ3n) is 3.53. The molecule has 0 bridgehead atoms. The number of nitrogens with one attached hydrogen (secondary N) is 1. The maximum Gasteiger partial charge on any atom is 0.387 e. The number of benzene rings is 1. The summed E-state index contributed by atoms with van der Waals surface area (Å²) in [5.74, 6) is -0.0712. The van der Waals surface area contributed by atoms with E-state index in [1.165, 1.54) is 11.0 Å². The van der Waals surface area contributed by atoms with Crippen molar-refractivity contribution >= 4 is 11.7 Å². The topological polar surface area (TPSA) is 61.8 Å². The van der Waals surface area contributed by atoms with Gasteiger partial charge < -0.3 is 20.1 Å². The third kappa shape index (κ3) is 3.60. The first kappa shape index (κ1) is 15.5. The van der Waals surface area contributed by atoms with E-state index in [1.54, 1.807) is 19.1 Å². The summed E-state index contributed by atoms with van der Waals surface area (Å²) in [7, 11) is 0. The summed E-state index contributed by atoms with van der Waals surface area (Å²) in [6, 6.07) is 4.01. The lowest BCUT2D eigenvalue weighted by Crippen LogP contribution is -2.40. The van der Waals surface area contributed by atoms with Gasteiger partial charge in [-0.2, -0.15) is 8.78 Å². The molecule has 21 heavy (non-hydrogen) atoms. The Morgan fingerprint density at radius 2 is 2.33 bits per heavy atom. The summed E-state index contributed by atoms with van der Waals surface area (Å²) in [6.07, 6.45) is 1.55. The number of para-hydroxylation sites is 1. The monoisotopic (exact) mass is 300 g/mol. The van der Waals surface area contributed by atoms with E-state index in [4.69, 9.17) is 0 Å². The number of alkyl halides is 2. The highest BCUT2D eigenvalue weighted by Gasteiger charge is 2.28. The Bertz CT molecular complexity index is 511. The zero-order valence-electron chi connectivity index (χ0n) is 11.7. The molecule has 1 aliphatic heterocycles. The number of aliphatic hydroxyl groups excluding tert-OH is 1. The minimum atomic E-state index is -2.96. The highest BCUT2D eigenvalue weighted by atomic mass is 19.3. The molecule has 1 fully saturated rings. The number of amides is 2. The van der Waals surface area contributed by atoms with E-state index < -0.39 is 12.6 Å². The Morgan fingerprint density at radius 1 is 1.57 bits per heavy atom. The summed E-state index contributed by atoms with van der Waals surface area (Å²) in [6.45, 7) is -0.837. The van der Waals surface area contributed by atoms with Crippen molar-refractivity contribution in [3.8, 4) is 5.75 Å². The number of ether oxygens (including phenoxy) is 1. The molecule has 116 valence electrons. The molecule has 7 heteroatoms. The fourth-order valence-electron chi connectivity index (χ4n) is 2.47. The van der Waals surface area contributed by atoms with E-state index in [0.717, 1.165) is 12.8 Å². The van der Waals surface area contributed by atoms with Gasteiger partial charge in [-0.1, -0.05) is 12.1 Å². The highest BCUT2D eigenvalue weighted by Crippen LogP contribution is 2.30. The molecule has 0 spiro atoms. The Morgan fingerprint density at radius 3 is 3.00 bits per heavy atom. The van der Waals surface area contributed by atoms with Gasteiger partial charge in [-0.15, -0.1) is 0 Å². The predicted octanol–water partition coefficient (Wildman–Crippen LogP) is 2.59. The molecule has 2 rings (SSSR count). The Balaban J connectivity index is 2.16. The molecule has 0 unspecified atom stereocenters. The zero-order chi connectivity index (χ0) is 15.4. The molecule has 1 aliphatic rings. The minimum Gasteiger partial charge on any atom is -0.433 e. The van der Waals surface area contributed by atoms with Gasteiger partial charge in [0.1, 0.15) is 5.75 Å². The molecule has 2 N–H and O–H groups in total. The molecule has 5 nitrogen and oxygen atoms in total. The average molecular weight is 300 g/mol. The largest absolute Gasteiger partial charge is 0.433 e. The molecule has 2 amide bonds. The number of nitrogens with zero attached hydrogens (tertiary/aromatic N) is 1. The van der Waals surface area contributed by atoms with Crippen LogP contribution in [0.2, 0.25) is 0 Å². The van der Waals surface area contributed by atoms with Crippen LogP contribution in [0.5, 0.6) is 5.75 Å². The van der Waals surface area contributed by atoms with E-state index in [-0.39, 0.29) is 24.1 Å². The maximum atomic E-state index is 12.4. The smallest absolute Gasteiger partial charge is 0.387 e. The minimum absolute atomic E-state index is 0.0712. The van der Waals surface area contributed by atoms with Gasteiger partial charge in [0, 0.05) is 6.54 Å². The standard InChI is InChI=1S/C14H18F2N2O3/c1-9-4-2-6-11(21-13(15)16)12(9)17-14(20)18-7-3-5-10(18)8-19/h2,4,6,10,13,19H,3,5,7-8H2,1H3,(H,17,20)/t10-/m0/s1. The van der Waals surface area contributed by atoms with Gasteiger partial charge in [0.2, 0.25) is 0 Å². The highest BCUT2D eigenvalue weighted by molar-refractivity contribution is 5.92. The van der Waals surface area contributed by atoms with Crippen LogP contribution in [0, 0.1) is 6.92 Å². The Labute approximate surface area is 121 Å². The van der Waals surface area contributed by atoms with Gasteiger partial charge in [-0.3, -0.25) is 0 Å². The van der Waals surface area contributed by atoms with Crippen LogP contribution in [0.15, 0.2) is 18.2 Å². The van der Waals surface area contributed by atoms with Gasteiger partial charge in [0.05, 0.1) is 18.3 Å². The van der Waals surface area contributed by atoms with Crippen molar-refractivity contribution in [1.82, 2.24) is 4.90 Å². The SMILES string of the molecule is Cc1cccc(OC(F)F)c1NC(=O)N1CCC[C@H]1CO. The molecular formula is C14H18F2N2O3. The second-order valence-electron chi connectivity index (χ2n) is 4.93. The first-order valence-electron chi connectivity index (χ1n) is 6.76. The Hall–Kier alpha value is -1.89. The van der Waals surface area contributed by atoms with Crippen molar-refractivity contribution < 1.29 is 23.4 Å². The molecule has 0 radical (unpaired) electrons. The van der Waals surface area contributed by atoms with E-state index in [0.29, 0.717) is 12.1 Å². The van der Waals surface area contributed by atoms with Crippen molar-refractivity contribution in [2.75, 3.05) is 18.5 Å². The number of halogens is 2. The average Bonchev–Trinajstić information content (AvgIpc) is 2.90.